The highest BCUT2D eigenvalue weighted by molar-refractivity contribution is 5.93. The van der Waals surface area contributed by atoms with Gasteiger partial charge in [0.1, 0.15) is 6.04 Å². The summed E-state index contributed by atoms with van der Waals surface area (Å²) in [6.07, 6.45) is -4.61. The van der Waals surface area contributed by atoms with E-state index < -0.39 is 23.8 Å². The van der Waals surface area contributed by atoms with E-state index in [9.17, 15) is 23.1 Å². The summed E-state index contributed by atoms with van der Waals surface area (Å²) in [5, 5.41) is 11.9. The van der Waals surface area contributed by atoms with Gasteiger partial charge in [-0.25, -0.2) is 9.79 Å². The molecule has 2 rings (SSSR count). The Morgan fingerprint density at radius 2 is 2.00 bits per heavy atom. The summed E-state index contributed by atoms with van der Waals surface area (Å²) in [5.74, 6) is -1.34. The Balaban J connectivity index is 2.65. The lowest BCUT2D eigenvalue weighted by molar-refractivity contribution is -0.139. The molecule has 5 nitrogen and oxygen atoms in total. The summed E-state index contributed by atoms with van der Waals surface area (Å²) in [5.41, 5.74) is -1.23. The molecule has 0 saturated carbocycles. The maximum absolute atomic E-state index is 13.1. The van der Waals surface area contributed by atoms with Crippen LogP contribution in [0.2, 0.25) is 0 Å². The molecule has 22 heavy (non-hydrogen) atoms. The number of nitrogens with zero attached hydrogens (tertiary/aromatic N) is 1. The first-order chi connectivity index (χ1) is 10.3. The first-order valence-electron chi connectivity index (χ1n) is 6.24. The summed E-state index contributed by atoms with van der Waals surface area (Å²) < 4.78 is 44.3. The number of carbonyl (C=O) groups is 1. The molecule has 118 valence electrons. The van der Waals surface area contributed by atoms with Gasteiger partial charge in [0.15, 0.2) is 0 Å². The molecule has 2 N–H and O–H groups in total. The zero-order chi connectivity index (χ0) is 16.5. The van der Waals surface area contributed by atoms with Gasteiger partial charge in [0.05, 0.1) is 18.2 Å². The second kappa shape index (κ2) is 5.70. The van der Waals surface area contributed by atoms with E-state index >= 15 is 0 Å². The molecule has 0 aromatic heterocycles. The molecule has 1 aromatic carbocycles. The van der Waals surface area contributed by atoms with Crippen molar-refractivity contribution in [1.82, 2.24) is 5.32 Å². The van der Waals surface area contributed by atoms with Crippen LogP contribution < -0.4 is 5.32 Å². The van der Waals surface area contributed by atoms with Crippen LogP contribution in [-0.4, -0.2) is 24.2 Å². The van der Waals surface area contributed by atoms with Crippen LogP contribution in [0.4, 0.5) is 13.2 Å². The van der Waals surface area contributed by atoms with Crippen LogP contribution in [0.15, 0.2) is 40.5 Å². The molecule has 0 amide bonds. The van der Waals surface area contributed by atoms with Gasteiger partial charge in [-0.1, -0.05) is 18.2 Å². The minimum absolute atomic E-state index is 0.0375. The molecule has 0 bridgehead atoms. The van der Waals surface area contributed by atoms with Gasteiger partial charge >= 0.3 is 12.1 Å². The molecule has 0 radical (unpaired) electrons. The number of alkyl halides is 3. The third kappa shape index (κ3) is 2.90. The number of methoxy groups -OCH3 is 1. The summed E-state index contributed by atoms with van der Waals surface area (Å²) >= 11 is 0. The highest BCUT2D eigenvalue weighted by atomic mass is 19.4. The van der Waals surface area contributed by atoms with Gasteiger partial charge < -0.3 is 15.2 Å². The fraction of sp³-hybridized carbons (Fsp3) is 0.286. The van der Waals surface area contributed by atoms with Crippen LogP contribution in [-0.2, 0) is 15.7 Å². The zero-order valence-corrected chi connectivity index (χ0v) is 11.7. The van der Waals surface area contributed by atoms with Crippen molar-refractivity contribution in [2.24, 2.45) is 4.99 Å². The molecule has 1 unspecified atom stereocenters. The van der Waals surface area contributed by atoms with Gasteiger partial charge in [-0.2, -0.15) is 13.2 Å². The number of carboxylic acids is 1. The topological polar surface area (TPSA) is 70.9 Å². The van der Waals surface area contributed by atoms with Crippen LogP contribution in [0.5, 0.6) is 0 Å². The summed E-state index contributed by atoms with van der Waals surface area (Å²) in [7, 11) is 1.29. The second-order valence-corrected chi connectivity index (χ2v) is 4.59. The third-order valence-electron chi connectivity index (χ3n) is 3.20. The molecule has 1 atom stereocenters. The number of hydrogen-bond donors (Lipinski definition) is 2. The first-order valence-corrected chi connectivity index (χ1v) is 6.24. The molecular formula is C14H13F3N2O3. The summed E-state index contributed by atoms with van der Waals surface area (Å²) in [6, 6.07) is 3.42. The van der Waals surface area contributed by atoms with Gasteiger partial charge in [-0.3, -0.25) is 0 Å². The normalized spacial score (nSPS) is 18.6. The van der Waals surface area contributed by atoms with Crippen LogP contribution in [0.3, 0.4) is 0 Å². The maximum atomic E-state index is 13.1. The zero-order valence-electron chi connectivity index (χ0n) is 11.7. The Labute approximate surface area is 124 Å². The Kier molecular flexibility index (Phi) is 4.11. The highest BCUT2D eigenvalue weighted by Gasteiger charge is 2.38. The predicted octanol–water partition coefficient (Wildman–Crippen LogP) is 2.71. The van der Waals surface area contributed by atoms with Crippen molar-refractivity contribution in [1.29, 1.82) is 0 Å². The van der Waals surface area contributed by atoms with E-state index in [4.69, 9.17) is 4.74 Å². The van der Waals surface area contributed by atoms with Crippen LogP contribution >= 0.6 is 0 Å². The second-order valence-electron chi connectivity index (χ2n) is 4.59. The number of nitrogens with one attached hydrogen (secondary N) is 1. The summed E-state index contributed by atoms with van der Waals surface area (Å²) in [4.78, 5) is 15.4. The number of amidine groups is 1. The number of allylic oxidation sites excluding steroid dienone is 1. The molecule has 0 spiro atoms. The molecule has 1 aliphatic heterocycles. The van der Waals surface area contributed by atoms with E-state index in [1.54, 1.807) is 0 Å². The lowest BCUT2D eigenvalue weighted by Gasteiger charge is -2.25. The molecule has 1 aliphatic rings. The van der Waals surface area contributed by atoms with Gasteiger partial charge in [-0.15, -0.1) is 0 Å². The molecular weight excluding hydrogens is 301 g/mol. The SMILES string of the molecule is COC1=NC(c2ccccc2C(F)(F)F)C(C(=O)O)=C(C)N1. The number of rotatable bonds is 2. The molecule has 0 aliphatic carbocycles. The van der Waals surface area contributed by atoms with Crippen LogP contribution in [0.1, 0.15) is 24.1 Å². The molecule has 1 heterocycles. The quantitative estimate of drug-likeness (QED) is 0.880. The highest BCUT2D eigenvalue weighted by Crippen LogP contribution is 2.39. The van der Waals surface area contributed by atoms with E-state index in [2.05, 4.69) is 10.3 Å². The lowest BCUT2D eigenvalue weighted by atomic mass is 9.92. The van der Waals surface area contributed by atoms with Crippen molar-refractivity contribution >= 4 is 12.0 Å². The van der Waals surface area contributed by atoms with E-state index in [0.717, 1.165) is 6.07 Å². The molecule has 1 aromatic rings. The number of halogens is 3. The Hall–Kier alpha value is -2.51. The lowest BCUT2D eigenvalue weighted by Crippen LogP contribution is -2.33. The number of aliphatic imine (C=N–C) groups is 1. The van der Waals surface area contributed by atoms with Gasteiger partial charge in [0.2, 0.25) is 0 Å². The maximum Gasteiger partial charge on any atom is 0.416 e. The Morgan fingerprint density at radius 1 is 1.36 bits per heavy atom. The van der Waals surface area contributed by atoms with E-state index in [0.29, 0.717) is 0 Å². The predicted molar refractivity (Wildman–Crippen MR) is 72.1 cm³/mol. The fourth-order valence-corrected chi connectivity index (χ4v) is 2.25. The number of hydrogen-bond acceptors (Lipinski definition) is 4. The van der Waals surface area contributed by atoms with Crippen molar-refractivity contribution in [2.45, 2.75) is 19.1 Å². The van der Waals surface area contributed by atoms with Gasteiger partial charge in [0, 0.05) is 5.70 Å². The smallest absolute Gasteiger partial charge is 0.416 e. The number of ether oxygens (including phenoxy) is 1. The largest absolute Gasteiger partial charge is 0.478 e. The van der Waals surface area contributed by atoms with E-state index in [-0.39, 0.29) is 22.9 Å². The standard InChI is InChI=1S/C14H13F3N2O3/c1-7-10(12(20)21)11(19-13(18-7)22-2)8-5-3-4-6-9(8)14(15,16)17/h3-6,11H,1-2H3,(H,18,19)(H,20,21). The average Bonchev–Trinajstić information content (AvgIpc) is 2.45. The molecule has 0 fully saturated rings. The number of carboxylic acid groups (broad SMARTS) is 1. The van der Waals surface area contributed by atoms with Crippen LogP contribution in [0, 0.1) is 0 Å². The Morgan fingerprint density at radius 3 is 2.55 bits per heavy atom. The van der Waals surface area contributed by atoms with Crippen molar-refractivity contribution in [3.8, 4) is 0 Å². The van der Waals surface area contributed by atoms with Crippen molar-refractivity contribution < 1.29 is 27.8 Å². The van der Waals surface area contributed by atoms with Crippen molar-refractivity contribution in [3.05, 3.63) is 46.7 Å². The van der Waals surface area contributed by atoms with E-state index in [1.807, 2.05) is 0 Å². The number of aliphatic carboxylic acids is 1. The molecule has 0 saturated heterocycles. The van der Waals surface area contributed by atoms with Gasteiger partial charge in [0.25, 0.3) is 6.02 Å². The first kappa shape index (κ1) is 15.9. The van der Waals surface area contributed by atoms with E-state index in [1.165, 1.54) is 32.2 Å². The molecule has 8 heteroatoms. The minimum Gasteiger partial charge on any atom is -0.478 e. The third-order valence-corrected chi connectivity index (χ3v) is 3.20. The minimum atomic E-state index is -4.61. The monoisotopic (exact) mass is 314 g/mol. The van der Waals surface area contributed by atoms with Crippen molar-refractivity contribution in [2.75, 3.05) is 7.11 Å². The summed E-state index contributed by atoms with van der Waals surface area (Å²) in [6.45, 7) is 1.44. The average molecular weight is 314 g/mol. The van der Waals surface area contributed by atoms with Gasteiger partial charge in [-0.05, 0) is 18.6 Å². The number of benzene rings is 1. The van der Waals surface area contributed by atoms with Crippen LogP contribution in [0.25, 0.3) is 0 Å². The fourth-order valence-electron chi connectivity index (χ4n) is 2.25. The van der Waals surface area contributed by atoms with Crippen molar-refractivity contribution in [3.63, 3.8) is 0 Å². The Bertz CT molecular complexity index is 666.